The summed E-state index contributed by atoms with van der Waals surface area (Å²) in [6, 6.07) is -0.568. The molecule has 9 N–H and O–H groups in total. The maximum Gasteiger partial charge on any atom is 0.353 e. The Kier molecular flexibility index (Phi) is 9.29. The van der Waals surface area contributed by atoms with Crippen molar-refractivity contribution in [3.05, 3.63) is 10.6 Å². The van der Waals surface area contributed by atoms with E-state index in [2.05, 4.69) is 5.32 Å². The molecule has 0 aromatic rings. The Labute approximate surface area is 173 Å². The number of amides is 2. The molecule has 3 heterocycles. The van der Waals surface area contributed by atoms with Crippen LogP contribution >= 0.6 is 11.8 Å². The van der Waals surface area contributed by atoms with Crippen LogP contribution in [0.25, 0.3) is 0 Å². The zero-order valence-corrected chi connectivity index (χ0v) is 17.6. The Balaban J connectivity index is 0.00000261. The summed E-state index contributed by atoms with van der Waals surface area (Å²) in [5, 5.41) is 22.8. The van der Waals surface area contributed by atoms with Crippen molar-refractivity contribution in [1.82, 2.24) is 15.1 Å². The number of fused-ring (bicyclic) bond motifs is 1. The Hall–Kier alpha value is -1.70. The maximum absolute atomic E-state index is 12.3. The van der Waals surface area contributed by atoms with Crippen molar-refractivity contribution in [3.63, 3.8) is 0 Å². The number of aliphatic hydroxyl groups excluding tert-OH is 1. The number of carboxylic acids is 1. The number of nitrogens with one attached hydrogen (secondary N) is 1. The smallest absolute Gasteiger partial charge is 0.353 e. The molecule has 11 nitrogen and oxygen atoms in total. The molecule has 3 aliphatic rings. The SMILES string of the molecule is C[C@H](O)[C@H]1C(=O)N2C(C(=O)O)=C(S[C@@H]3CN[C@H](C(=O)N(C)C)C3)[C@H](C)[C@H]12.O.O.O. The van der Waals surface area contributed by atoms with Crippen LogP contribution < -0.4 is 5.32 Å². The van der Waals surface area contributed by atoms with E-state index in [0.717, 1.165) is 0 Å². The fourth-order valence-corrected chi connectivity index (χ4v) is 5.63. The molecule has 2 amide bonds. The van der Waals surface area contributed by atoms with Gasteiger partial charge in [0.1, 0.15) is 5.70 Å². The van der Waals surface area contributed by atoms with Gasteiger partial charge in [-0.15, -0.1) is 11.8 Å². The molecule has 168 valence electrons. The van der Waals surface area contributed by atoms with E-state index < -0.39 is 18.0 Å². The van der Waals surface area contributed by atoms with Crippen molar-refractivity contribution in [2.75, 3.05) is 20.6 Å². The van der Waals surface area contributed by atoms with Crippen molar-refractivity contribution < 1.29 is 41.0 Å². The number of rotatable bonds is 5. The molecule has 29 heavy (non-hydrogen) atoms. The molecule has 0 radical (unpaired) electrons. The second kappa shape index (κ2) is 9.87. The number of nitrogens with zero attached hydrogens (tertiary/aromatic N) is 2. The zero-order valence-electron chi connectivity index (χ0n) is 16.8. The normalized spacial score (nSPS) is 31.0. The van der Waals surface area contributed by atoms with Crippen LogP contribution in [0.5, 0.6) is 0 Å². The van der Waals surface area contributed by atoms with Crippen LogP contribution in [-0.4, -0.2) is 98.3 Å². The minimum absolute atomic E-state index is 0. The molecule has 0 saturated carbocycles. The van der Waals surface area contributed by atoms with Gasteiger partial charge in [-0.1, -0.05) is 6.92 Å². The molecule has 0 unspecified atom stereocenters. The highest BCUT2D eigenvalue weighted by molar-refractivity contribution is 8.03. The average Bonchev–Trinajstić information content (AvgIpc) is 3.09. The standard InChI is InChI=1S/C17H25N3O5S.3H2O/c1-7-12-11(8(2)21)16(23)20(12)13(17(24)25)14(7)26-9-5-10(18-6-9)15(22)19(3)4;;;/h7-12,18,21H,5-6H2,1-4H3,(H,24,25);3*1H2/t7-,8+,9+,10+,11-,12-;;;/m1.../s1. The van der Waals surface area contributed by atoms with Crippen molar-refractivity contribution in [1.29, 1.82) is 0 Å². The molecule has 0 aliphatic carbocycles. The van der Waals surface area contributed by atoms with Gasteiger partial charge in [0.25, 0.3) is 0 Å². The first-order valence-corrected chi connectivity index (χ1v) is 9.62. The third kappa shape index (κ3) is 4.42. The van der Waals surface area contributed by atoms with E-state index in [0.29, 0.717) is 17.9 Å². The molecule has 0 aromatic carbocycles. The van der Waals surface area contributed by atoms with Gasteiger partial charge in [0, 0.05) is 36.7 Å². The molecule has 0 aromatic heterocycles. The summed E-state index contributed by atoms with van der Waals surface area (Å²) in [7, 11) is 3.42. The molecular weight excluding hydrogens is 406 g/mol. The van der Waals surface area contributed by atoms with Gasteiger partial charge in [0.15, 0.2) is 0 Å². The number of thioether (sulfide) groups is 1. The Morgan fingerprint density at radius 1 is 1.28 bits per heavy atom. The molecular formula is C17H31N3O8S. The topological polar surface area (TPSA) is 205 Å². The summed E-state index contributed by atoms with van der Waals surface area (Å²) in [5.41, 5.74) is 0.0387. The van der Waals surface area contributed by atoms with Crippen LogP contribution in [0.15, 0.2) is 10.6 Å². The van der Waals surface area contributed by atoms with E-state index in [9.17, 15) is 24.6 Å². The van der Waals surface area contributed by atoms with Gasteiger partial charge < -0.3 is 41.8 Å². The molecule has 2 fully saturated rings. The lowest BCUT2D eigenvalue weighted by atomic mass is 9.79. The van der Waals surface area contributed by atoms with Gasteiger partial charge in [-0.25, -0.2) is 4.79 Å². The quantitative estimate of drug-likeness (QED) is 0.385. The Morgan fingerprint density at radius 2 is 1.86 bits per heavy atom. The number of likely N-dealkylation sites (N-methyl/N-ethyl adjacent to an activating group) is 1. The largest absolute Gasteiger partial charge is 0.477 e. The first-order chi connectivity index (χ1) is 12.1. The molecule has 2 saturated heterocycles. The lowest BCUT2D eigenvalue weighted by molar-refractivity contribution is -0.163. The second-order valence-electron chi connectivity index (χ2n) is 7.44. The van der Waals surface area contributed by atoms with Crippen LogP contribution in [0.3, 0.4) is 0 Å². The van der Waals surface area contributed by atoms with Crippen LogP contribution in [0.2, 0.25) is 0 Å². The highest BCUT2D eigenvalue weighted by Gasteiger charge is 2.60. The predicted octanol–water partition coefficient (Wildman–Crippen LogP) is -2.78. The summed E-state index contributed by atoms with van der Waals surface area (Å²) in [5.74, 6) is -2.14. The number of aliphatic hydroxyl groups is 1. The van der Waals surface area contributed by atoms with Crippen molar-refractivity contribution in [2.45, 2.75) is 43.7 Å². The van der Waals surface area contributed by atoms with Crippen LogP contribution in [0.1, 0.15) is 20.3 Å². The van der Waals surface area contributed by atoms with Gasteiger partial charge in [-0.3, -0.25) is 9.59 Å². The maximum atomic E-state index is 12.3. The Bertz CT molecular complexity index is 684. The average molecular weight is 438 g/mol. The predicted molar refractivity (Wildman–Crippen MR) is 107 cm³/mol. The van der Waals surface area contributed by atoms with Gasteiger partial charge in [-0.2, -0.15) is 0 Å². The number of aliphatic carboxylic acids is 1. The first-order valence-electron chi connectivity index (χ1n) is 8.75. The molecule has 6 atom stereocenters. The number of hydrogen-bond donors (Lipinski definition) is 3. The van der Waals surface area contributed by atoms with Crippen molar-refractivity contribution in [2.24, 2.45) is 11.8 Å². The van der Waals surface area contributed by atoms with Gasteiger partial charge in [0.05, 0.1) is 24.1 Å². The van der Waals surface area contributed by atoms with Crippen LogP contribution in [0.4, 0.5) is 0 Å². The van der Waals surface area contributed by atoms with E-state index in [-0.39, 0.29) is 57.2 Å². The molecule has 0 spiro atoms. The van der Waals surface area contributed by atoms with E-state index in [1.165, 1.54) is 16.7 Å². The minimum atomic E-state index is -1.12. The summed E-state index contributed by atoms with van der Waals surface area (Å²) in [6.07, 6.45) is -0.190. The molecule has 12 heteroatoms. The fraction of sp³-hybridized carbons (Fsp3) is 0.706. The van der Waals surface area contributed by atoms with Crippen LogP contribution in [0, 0.1) is 11.8 Å². The highest BCUT2D eigenvalue weighted by Crippen LogP contribution is 2.51. The van der Waals surface area contributed by atoms with E-state index in [4.69, 9.17) is 0 Å². The van der Waals surface area contributed by atoms with E-state index in [1.54, 1.807) is 25.9 Å². The number of carbonyl (C=O) groups excluding carboxylic acids is 2. The summed E-state index contributed by atoms with van der Waals surface area (Å²) in [4.78, 5) is 39.8. The number of carbonyl (C=O) groups is 3. The zero-order chi connectivity index (χ0) is 19.3. The second-order valence-corrected chi connectivity index (χ2v) is 8.78. The number of hydrogen-bond acceptors (Lipinski definition) is 6. The molecule has 3 rings (SSSR count). The molecule has 3 aliphatic heterocycles. The number of carboxylic acid groups (broad SMARTS) is 1. The number of β-lactam (4-membered cyclic amide) rings is 1. The summed E-state index contributed by atoms with van der Waals surface area (Å²) >= 11 is 1.45. The minimum Gasteiger partial charge on any atom is -0.477 e. The van der Waals surface area contributed by atoms with Gasteiger partial charge >= 0.3 is 5.97 Å². The third-order valence-electron chi connectivity index (χ3n) is 5.43. The Morgan fingerprint density at radius 3 is 2.34 bits per heavy atom. The first kappa shape index (κ1) is 27.3. The lowest BCUT2D eigenvalue weighted by Gasteiger charge is -2.46. The van der Waals surface area contributed by atoms with E-state index in [1.807, 2.05) is 6.92 Å². The van der Waals surface area contributed by atoms with Crippen molar-refractivity contribution in [3.8, 4) is 0 Å². The van der Waals surface area contributed by atoms with Gasteiger partial charge in [-0.05, 0) is 13.3 Å². The fourth-order valence-electron chi connectivity index (χ4n) is 4.15. The lowest BCUT2D eigenvalue weighted by Crippen LogP contribution is -2.63. The van der Waals surface area contributed by atoms with Crippen LogP contribution in [-0.2, 0) is 14.4 Å². The van der Waals surface area contributed by atoms with Gasteiger partial charge in [0.2, 0.25) is 11.8 Å². The molecule has 0 bridgehead atoms. The summed E-state index contributed by atoms with van der Waals surface area (Å²) in [6.45, 7) is 4.08. The highest BCUT2D eigenvalue weighted by atomic mass is 32.2. The van der Waals surface area contributed by atoms with E-state index >= 15 is 0 Å². The third-order valence-corrected chi connectivity index (χ3v) is 6.95. The van der Waals surface area contributed by atoms with Crippen molar-refractivity contribution >= 4 is 29.5 Å². The summed E-state index contributed by atoms with van der Waals surface area (Å²) < 4.78 is 0. The monoisotopic (exact) mass is 437 g/mol.